The number of carbonyl (C=O) groups is 1. The number of anilines is 1. The van der Waals surface area contributed by atoms with Gasteiger partial charge in [0.25, 0.3) is 5.91 Å². The number of hydrogen-bond donors (Lipinski definition) is 1. The normalized spacial score (nSPS) is 10.7. The maximum absolute atomic E-state index is 12.4. The molecule has 0 saturated carbocycles. The Morgan fingerprint density at radius 2 is 1.90 bits per heavy atom. The van der Waals surface area contributed by atoms with Crippen LogP contribution >= 0.6 is 11.6 Å². The van der Waals surface area contributed by atoms with Gasteiger partial charge in [-0.1, -0.05) is 35.9 Å². The molecule has 0 bridgehead atoms. The molecule has 1 heterocycles. The molecule has 0 atom stereocenters. The van der Waals surface area contributed by atoms with Crippen molar-refractivity contribution in [3.63, 3.8) is 0 Å². The van der Waals surface area contributed by atoms with Crippen molar-refractivity contribution < 1.29 is 4.79 Å². The van der Waals surface area contributed by atoms with Gasteiger partial charge in [-0.3, -0.25) is 4.79 Å². The molecule has 0 radical (unpaired) electrons. The molecule has 0 unspecified atom stereocenters. The van der Waals surface area contributed by atoms with Gasteiger partial charge in [-0.2, -0.15) is 0 Å². The fraction of sp³-hybridized carbons (Fsp3) is 0.0625. The monoisotopic (exact) mass is 284 g/mol. The number of amides is 1. The molecular weight excluding hydrogens is 272 g/mol. The van der Waals surface area contributed by atoms with Crippen molar-refractivity contribution in [1.29, 1.82) is 0 Å². The third kappa shape index (κ3) is 2.28. The highest BCUT2D eigenvalue weighted by Gasteiger charge is 2.14. The van der Waals surface area contributed by atoms with E-state index in [0.717, 1.165) is 16.6 Å². The predicted octanol–water partition coefficient (Wildman–Crippen LogP) is 4.08. The van der Waals surface area contributed by atoms with Crippen LogP contribution in [0.3, 0.4) is 0 Å². The molecule has 20 heavy (non-hydrogen) atoms. The molecular formula is C16H13ClN2O. The van der Waals surface area contributed by atoms with Crippen LogP contribution in [0, 0.1) is 0 Å². The van der Waals surface area contributed by atoms with Gasteiger partial charge in [-0.05, 0) is 24.3 Å². The van der Waals surface area contributed by atoms with E-state index in [1.54, 1.807) is 6.07 Å². The first-order chi connectivity index (χ1) is 9.65. The summed E-state index contributed by atoms with van der Waals surface area (Å²) in [6.07, 6.45) is 1.82. The lowest BCUT2D eigenvalue weighted by Gasteiger charge is -2.03. The van der Waals surface area contributed by atoms with Crippen LogP contribution < -0.4 is 5.32 Å². The third-order valence-corrected chi connectivity index (χ3v) is 3.46. The Hall–Kier alpha value is -2.26. The summed E-state index contributed by atoms with van der Waals surface area (Å²) in [7, 11) is 1.90. The number of rotatable bonds is 2. The van der Waals surface area contributed by atoms with Crippen LogP contribution in [0.5, 0.6) is 0 Å². The Morgan fingerprint density at radius 1 is 1.15 bits per heavy atom. The summed E-state index contributed by atoms with van der Waals surface area (Å²) in [6, 6.07) is 14.9. The molecule has 3 rings (SSSR count). The molecule has 0 aliphatic carbocycles. The van der Waals surface area contributed by atoms with Gasteiger partial charge < -0.3 is 9.88 Å². The van der Waals surface area contributed by atoms with Crippen molar-refractivity contribution in [3.8, 4) is 0 Å². The fourth-order valence-corrected chi connectivity index (χ4v) is 2.42. The molecule has 0 spiro atoms. The number of aryl methyl sites for hydroxylation is 1. The van der Waals surface area contributed by atoms with Crippen LogP contribution in [-0.2, 0) is 7.05 Å². The number of nitrogens with zero attached hydrogens (tertiary/aromatic N) is 1. The van der Waals surface area contributed by atoms with Crippen molar-refractivity contribution in [2.24, 2.45) is 7.05 Å². The maximum atomic E-state index is 12.4. The first-order valence-corrected chi connectivity index (χ1v) is 6.64. The first kappa shape index (κ1) is 12.8. The second kappa shape index (κ2) is 5.02. The molecule has 1 N–H and O–H groups in total. The van der Waals surface area contributed by atoms with E-state index in [-0.39, 0.29) is 5.91 Å². The van der Waals surface area contributed by atoms with E-state index in [1.807, 2.05) is 60.3 Å². The number of benzene rings is 2. The van der Waals surface area contributed by atoms with Gasteiger partial charge in [0.15, 0.2) is 0 Å². The zero-order valence-corrected chi connectivity index (χ0v) is 11.7. The van der Waals surface area contributed by atoms with E-state index in [9.17, 15) is 4.79 Å². The van der Waals surface area contributed by atoms with Crippen molar-refractivity contribution in [2.45, 2.75) is 0 Å². The zero-order valence-electron chi connectivity index (χ0n) is 10.9. The van der Waals surface area contributed by atoms with E-state index >= 15 is 0 Å². The molecule has 2 aromatic carbocycles. The van der Waals surface area contributed by atoms with Gasteiger partial charge in [0.05, 0.1) is 11.1 Å². The summed E-state index contributed by atoms with van der Waals surface area (Å²) in [4.78, 5) is 12.4. The number of fused-ring (bicyclic) bond motifs is 1. The van der Waals surface area contributed by atoms with E-state index in [1.165, 1.54) is 0 Å². The number of carbonyl (C=O) groups excluding carboxylic acids is 1. The highest BCUT2D eigenvalue weighted by atomic mass is 35.5. The number of para-hydroxylation sites is 1. The molecule has 0 aliphatic rings. The lowest BCUT2D eigenvalue weighted by Crippen LogP contribution is -2.11. The number of hydrogen-bond acceptors (Lipinski definition) is 1. The molecule has 0 saturated heterocycles. The summed E-state index contributed by atoms with van der Waals surface area (Å²) < 4.78 is 1.90. The van der Waals surface area contributed by atoms with Crippen molar-refractivity contribution >= 4 is 34.1 Å². The Labute approximate surface area is 121 Å². The number of aromatic nitrogens is 1. The van der Waals surface area contributed by atoms with Crippen LogP contribution in [0.15, 0.2) is 54.7 Å². The summed E-state index contributed by atoms with van der Waals surface area (Å²) in [5.41, 5.74) is 2.36. The summed E-state index contributed by atoms with van der Waals surface area (Å²) in [5.74, 6) is -0.121. The minimum atomic E-state index is -0.121. The van der Waals surface area contributed by atoms with Gasteiger partial charge in [0.2, 0.25) is 0 Å². The predicted molar refractivity (Wildman–Crippen MR) is 82.3 cm³/mol. The van der Waals surface area contributed by atoms with Gasteiger partial charge in [-0.25, -0.2) is 0 Å². The lowest BCUT2D eigenvalue weighted by atomic mass is 10.1. The largest absolute Gasteiger partial charge is 0.350 e. The zero-order chi connectivity index (χ0) is 14.1. The fourth-order valence-electron chi connectivity index (χ4n) is 2.26. The van der Waals surface area contributed by atoms with E-state index in [0.29, 0.717) is 10.6 Å². The molecule has 1 aromatic heterocycles. The Balaban J connectivity index is 2.00. The molecule has 4 heteroatoms. The second-order valence-electron chi connectivity index (χ2n) is 4.64. The Morgan fingerprint density at radius 3 is 2.65 bits per heavy atom. The third-order valence-electron chi connectivity index (χ3n) is 3.23. The van der Waals surface area contributed by atoms with Gasteiger partial charge in [0, 0.05) is 29.3 Å². The molecule has 100 valence electrons. The Kier molecular flexibility index (Phi) is 3.20. The first-order valence-electron chi connectivity index (χ1n) is 6.26. The molecule has 1 amide bonds. The lowest BCUT2D eigenvalue weighted by molar-refractivity contribution is 0.102. The highest BCUT2D eigenvalue weighted by Crippen LogP contribution is 2.24. The maximum Gasteiger partial charge on any atom is 0.257 e. The van der Waals surface area contributed by atoms with Crippen molar-refractivity contribution in [2.75, 3.05) is 5.32 Å². The van der Waals surface area contributed by atoms with Gasteiger partial charge >= 0.3 is 0 Å². The number of nitrogens with one attached hydrogen (secondary N) is 1. The van der Waals surface area contributed by atoms with Gasteiger partial charge in [-0.15, -0.1) is 0 Å². The average Bonchev–Trinajstić information content (AvgIpc) is 2.77. The van der Waals surface area contributed by atoms with Crippen LogP contribution in [0.2, 0.25) is 5.02 Å². The minimum absolute atomic E-state index is 0.121. The molecule has 3 nitrogen and oxygen atoms in total. The standard InChI is InChI=1S/C16H13ClN2O/c1-19-10-14(13-8-7-11(17)9-15(13)19)16(20)18-12-5-3-2-4-6-12/h2-10H,1H3,(H,18,20). The summed E-state index contributed by atoms with van der Waals surface area (Å²) in [6.45, 7) is 0. The SMILES string of the molecule is Cn1cc(C(=O)Nc2ccccc2)c2ccc(Cl)cc21. The molecule has 0 fully saturated rings. The topological polar surface area (TPSA) is 34.0 Å². The van der Waals surface area contributed by atoms with Crippen LogP contribution in [0.4, 0.5) is 5.69 Å². The van der Waals surface area contributed by atoms with E-state index in [2.05, 4.69) is 5.32 Å². The van der Waals surface area contributed by atoms with Crippen molar-refractivity contribution in [3.05, 3.63) is 65.3 Å². The van der Waals surface area contributed by atoms with E-state index < -0.39 is 0 Å². The molecule has 3 aromatic rings. The van der Waals surface area contributed by atoms with E-state index in [4.69, 9.17) is 11.6 Å². The van der Waals surface area contributed by atoms with Crippen molar-refractivity contribution in [1.82, 2.24) is 4.57 Å². The van der Waals surface area contributed by atoms with Crippen LogP contribution in [0.25, 0.3) is 10.9 Å². The quantitative estimate of drug-likeness (QED) is 0.756. The average molecular weight is 285 g/mol. The highest BCUT2D eigenvalue weighted by molar-refractivity contribution is 6.31. The second-order valence-corrected chi connectivity index (χ2v) is 5.07. The summed E-state index contributed by atoms with van der Waals surface area (Å²) >= 11 is 6.00. The van der Waals surface area contributed by atoms with Crippen LogP contribution in [0.1, 0.15) is 10.4 Å². The Bertz CT molecular complexity index is 778. The summed E-state index contributed by atoms with van der Waals surface area (Å²) in [5, 5.41) is 4.45. The number of halogens is 1. The minimum Gasteiger partial charge on any atom is -0.350 e. The smallest absolute Gasteiger partial charge is 0.257 e. The molecule has 0 aliphatic heterocycles. The van der Waals surface area contributed by atoms with Crippen LogP contribution in [-0.4, -0.2) is 10.5 Å². The van der Waals surface area contributed by atoms with Gasteiger partial charge in [0.1, 0.15) is 0 Å².